The lowest BCUT2D eigenvalue weighted by Crippen LogP contribution is -2.46. The molecule has 1 atom stereocenters. The number of aromatic nitrogens is 6. The van der Waals surface area contributed by atoms with Crippen LogP contribution in [0.3, 0.4) is 0 Å². The Balaban J connectivity index is 1.44. The molecule has 158 valence electrons. The van der Waals surface area contributed by atoms with Crippen LogP contribution >= 0.6 is 0 Å². The molecule has 1 unspecified atom stereocenters. The quantitative estimate of drug-likeness (QED) is 0.453. The minimum absolute atomic E-state index is 0.294. The van der Waals surface area contributed by atoms with Gasteiger partial charge in [-0.1, -0.05) is 0 Å². The van der Waals surface area contributed by atoms with Crippen molar-refractivity contribution in [1.82, 2.24) is 29.9 Å². The highest BCUT2D eigenvalue weighted by Crippen LogP contribution is 2.24. The number of carbonyl (C=O) groups excluding carboxylic acids is 1. The number of morpholine rings is 1. The van der Waals surface area contributed by atoms with E-state index in [0.717, 1.165) is 17.4 Å². The molecule has 4 heterocycles. The Hall–Kier alpha value is -3.86. The van der Waals surface area contributed by atoms with Crippen LogP contribution in [0.15, 0.2) is 43.0 Å². The number of hydrogen-bond acceptors (Lipinski definition) is 8. The molecular formula is C20H19FN8O2. The minimum Gasteiger partial charge on any atom is -0.377 e. The number of nitrogens with one attached hydrogen (secondary N) is 2. The molecule has 31 heavy (non-hydrogen) atoms. The molecule has 10 nitrogen and oxygen atoms in total. The number of H-pyrrole nitrogens is 1. The Kier molecular flexibility index (Phi) is 5.00. The number of halogens is 1. The molecule has 0 bridgehead atoms. The number of rotatable bonds is 6. The van der Waals surface area contributed by atoms with Crippen molar-refractivity contribution in [2.75, 3.05) is 30.0 Å². The van der Waals surface area contributed by atoms with Gasteiger partial charge in [0.1, 0.15) is 18.1 Å². The molecule has 1 aromatic carbocycles. The van der Waals surface area contributed by atoms with Crippen LogP contribution in [0.2, 0.25) is 0 Å². The third-order valence-corrected chi connectivity index (χ3v) is 5.06. The van der Waals surface area contributed by atoms with Crippen LogP contribution in [0.5, 0.6) is 0 Å². The zero-order valence-corrected chi connectivity index (χ0v) is 16.4. The average Bonchev–Trinajstić information content (AvgIpc) is 3.43. The first-order chi connectivity index (χ1) is 15.2. The van der Waals surface area contributed by atoms with Crippen molar-refractivity contribution >= 4 is 34.6 Å². The van der Waals surface area contributed by atoms with E-state index < -0.39 is 6.04 Å². The van der Waals surface area contributed by atoms with Gasteiger partial charge in [0.2, 0.25) is 5.95 Å². The van der Waals surface area contributed by atoms with E-state index in [0.29, 0.717) is 49.1 Å². The standard InChI is InChI=1S/C20H19FN8O2/c21-15-3-13(4-17(5-15)28-1-2-31-12-18(28)11-30)10-29-19-14(7-25-29)6-22-20(27-19)26-16-8-23-24-9-16/h3-9,11,18H,1-2,10,12H2,(H,23,24)(H,22,26,27). The molecular weight excluding hydrogens is 403 g/mol. The van der Waals surface area contributed by atoms with Gasteiger partial charge in [-0.05, 0) is 23.8 Å². The highest BCUT2D eigenvalue weighted by molar-refractivity contribution is 5.75. The monoisotopic (exact) mass is 422 g/mol. The van der Waals surface area contributed by atoms with E-state index in [9.17, 15) is 9.18 Å². The normalized spacial score (nSPS) is 16.5. The topological polar surface area (TPSA) is 114 Å². The Morgan fingerprint density at radius 2 is 2.23 bits per heavy atom. The molecule has 2 N–H and O–H groups in total. The summed E-state index contributed by atoms with van der Waals surface area (Å²) in [5.74, 6) is 0.0229. The van der Waals surface area contributed by atoms with Crippen LogP contribution in [-0.4, -0.2) is 62.0 Å². The maximum absolute atomic E-state index is 14.4. The first-order valence-corrected chi connectivity index (χ1v) is 9.73. The molecule has 1 saturated heterocycles. The van der Waals surface area contributed by atoms with Crippen molar-refractivity contribution < 1.29 is 13.9 Å². The second-order valence-corrected chi connectivity index (χ2v) is 7.18. The predicted molar refractivity (Wildman–Crippen MR) is 111 cm³/mol. The Morgan fingerprint density at radius 1 is 1.29 bits per heavy atom. The van der Waals surface area contributed by atoms with Crippen LogP contribution in [-0.2, 0) is 16.1 Å². The van der Waals surface area contributed by atoms with Crippen molar-refractivity contribution in [1.29, 1.82) is 0 Å². The molecule has 0 spiro atoms. The maximum Gasteiger partial charge on any atom is 0.229 e. The maximum atomic E-state index is 14.4. The minimum atomic E-state index is -0.432. The molecule has 11 heteroatoms. The highest BCUT2D eigenvalue weighted by atomic mass is 19.1. The Bertz CT molecular complexity index is 1210. The first-order valence-electron chi connectivity index (χ1n) is 9.73. The lowest BCUT2D eigenvalue weighted by molar-refractivity contribution is -0.111. The molecule has 1 aliphatic rings. The van der Waals surface area contributed by atoms with Crippen molar-refractivity contribution in [3.63, 3.8) is 0 Å². The van der Waals surface area contributed by atoms with Gasteiger partial charge in [-0.3, -0.25) is 5.10 Å². The van der Waals surface area contributed by atoms with E-state index in [2.05, 4.69) is 30.6 Å². The third kappa shape index (κ3) is 3.94. The van der Waals surface area contributed by atoms with Crippen molar-refractivity contribution in [2.24, 2.45) is 0 Å². The highest BCUT2D eigenvalue weighted by Gasteiger charge is 2.23. The fraction of sp³-hybridized carbons (Fsp3) is 0.250. The van der Waals surface area contributed by atoms with E-state index in [4.69, 9.17) is 4.74 Å². The number of ether oxygens (including phenoxy) is 1. The smallest absolute Gasteiger partial charge is 0.229 e. The Labute approximate surface area is 176 Å². The zero-order chi connectivity index (χ0) is 21.2. The Morgan fingerprint density at radius 3 is 3.06 bits per heavy atom. The number of hydrogen-bond donors (Lipinski definition) is 2. The zero-order valence-electron chi connectivity index (χ0n) is 16.4. The van der Waals surface area contributed by atoms with Gasteiger partial charge in [0.25, 0.3) is 0 Å². The number of aldehydes is 1. The largest absolute Gasteiger partial charge is 0.377 e. The van der Waals surface area contributed by atoms with E-state index in [1.54, 1.807) is 29.5 Å². The number of benzene rings is 1. The summed E-state index contributed by atoms with van der Waals surface area (Å²) in [6.45, 7) is 1.62. The number of nitrogens with zero attached hydrogens (tertiary/aromatic N) is 6. The fourth-order valence-corrected chi connectivity index (χ4v) is 3.61. The van der Waals surface area contributed by atoms with Gasteiger partial charge in [0.05, 0.1) is 43.2 Å². The molecule has 0 saturated carbocycles. The van der Waals surface area contributed by atoms with Crippen LogP contribution in [0, 0.1) is 5.82 Å². The van der Waals surface area contributed by atoms with E-state index >= 15 is 0 Å². The summed E-state index contributed by atoms with van der Waals surface area (Å²) >= 11 is 0. The molecule has 1 fully saturated rings. The summed E-state index contributed by atoms with van der Waals surface area (Å²) in [5.41, 5.74) is 2.70. The molecule has 0 amide bonds. The summed E-state index contributed by atoms with van der Waals surface area (Å²) in [7, 11) is 0. The van der Waals surface area contributed by atoms with Crippen LogP contribution in [0.25, 0.3) is 11.0 Å². The van der Waals surface area contributed by atoms with Gasteiger partial charge in [-0.15, -0.1) is 0 Å². The van der Waals surface area contributed by atoms with Gasteiger partial charge >= 0.3 is 0 Å². The number of aromatic amines is 1. The van der Waals surface area contributed by atoms with E-state index in [1.165, 1.54) is 12.1 Å². The summed E-state index contributed by atoms with van der Waals surface area (Å²) in [5, 5.41) is 14.8. The summed E-state index contributed by atoms with van der Waals surface area (Å²) in [6.07, 6.45) is 7.49. The van der Waals surface area contributed by atoms with Crippen molar-refractivity contribution in [3.8, 4) is 0 Å². The van der Waals surface area contributed by atoms with Gasteiger partial charge in [-0.25, -0.2) is 14.1 Å². The second kappa shape index (κ2) is 8.11. The van der Waals surface area contributed by atoms with Crippen LogP contribution in [0.4, 0.5) is 21.7 Å². The lowest BCUT2D eigenvalue weighted by atomic mass is 10.1. The van der Waals surface area contributed by atoms with Crippen molar-refractivity contribution in [2.45, 2.75) is 12.6 Å². The lowest BCUT2D eigenvalue weighted by Gasteiger charge is -2.34. The average molecular weight is 422 g/mol. The van der Waals surface area contributed by atoms with Gasteiger partial charge < -0.3 is 19.7 Å². The third-order valence-electron chi connectivity index (χ3n) is 5.06. The molecule has 4 aromatic rings. The fourth-order valence-electron chi connectivity index (χ4n) is 3.61. The van der Waals surface area contributed by atoms with Crippen LogP contribution in [0.1, 0.15) is 5.56 Å². The summed E-state index contributed by atoms with van der Waals surface area (Å²) < 4.78 is 21.5. The summed E-state index contributed by atoms with van der Waals surface area (Å²) in [6, 6.07) is 4.32. The SMILES string of the molecule is O=CC1COCCN1c1cc(F)cc(Cn2ncc3cnc(Nc4cn[nH]c4)nc32)c1. The van der Waals surface area contributed by atoms with E-state index in [-0.39, 0.29) is 5.82 Å². The second-order valence-electron chi connectivity index (χ2n) is 7.18. The molecule has 0 radical (unpaired) electrons. The summed E-state index contributed by atoms with van der Waals surface area (Å²) in [4.78, 5) is 22.1. The predicted octanol–water partition coefficient (Wildman–Crippen LogP) is 1.88. The van der Waals surface area contributed by atoms with Gasteiger partial charge in [0, 0.05) is 24.6 Å². The number of anilines is 3. The molecule has 0 aliphatic carbocycles. The number of carbonyl (C=O) groups is 1. The molecule has 3 aromatic heterocycles. The molecule has 5 rings (SSSR count). The number of fused-ring (bicyclic) bond motifs is 1. The van der Waals surface area contributed by atoms with Gasteiger partial charge in [-0.2, -0.15) is 15.2 Å². The van der Waals surface area contributed by atoms with Crippen molar-refractivity contribution in [3.05, 3.63) is 54.4 Å². The first kappa shape index (κ1) is 19.1. The van der Waals surface area contributed by atoms with Gasteiger partial charge in [0.15, 0.2) is 5.65 Å². The van der Waals surface area contributed by atoms with E-state index in [1.807, 2.05) is 11.0 Å². The molecule has 1 aliphatic heterocycles. The van der Waals surface area contributed by atoms with Crippen LogP contribution < -0.4 is 10.2 Å².